The summed E-state index contributed by atoms with van der Waals surface area (Å²) in [5.41, 5.74) is 2.85. The molecule has 3 rings (SSSR count). The second-order valence-electron chi connectivity index (χ2n) is 4.24. The molecule has 0 unspecified atom stereocenters. The third-order valence-corrected chi connectivity index (χ3v) is 4.20. The number of benzene rings is 1. The molecule has 0 fully saturated rings. The average Bonchev–Trinajstić information content (AvgIpc) is 2.83. The van der Waals surface area contributed by atoms with Crippen LogP contribution in [0.4, 0.5) is 8.78 Å². The molecular weight excluding hydrogens is 364 g/mol. The van der Waals surface area contributed by atoms with Crippen molar-refractivity contribution < 1.29 is 13.5 Å². The van der Waals surface area contributed by atoms with Crippen LogP contribution in [0, 0.1) is 6.92 Å². The minimum atomic E-state index is -2.92. The Morgan fingerprint density at radius 1 is 1.24 bits per heavy atom. The number of nitrogens with zero attached hydrogens (tertiary/aromatic N) is 3. The Bertz CT molecular complexity index is 809. The van der Waals surface area contributed by atoms with E-state index in [1.807, 2.05) is 13.0 Å². The number of halogens is 3. The van der Waals surface area contributed by atoms with Gasteiger partial charge in [-0.3, -0.25) is 0 Å². The van der Waals surface area contributed by atoms with Crippen molar-refractivity contribution in [3.8, 4) is 16.5 Å². The van der Waals surface area contributed by atoms with Gasteiger partial charge in [0.05, 0.1) is 27.2 Å². The Balaban J connectivity index is 2.17. The summed E-state index contributed by atoms with van der Waals surface area (Å²) >= 11 is 4.83. The van der Waals surface area contributed by atoms with Crippen LogP contribution in [-0.4, -0.2) is 21.6 Å². The number of hydrogen-bond donors (Lipinski definition) is 0. The smallest absolute Gasteiger partial charge is 0.388 e. The van der Waals surface area contributed by atoms with Crippen LogP contribution in [0.15, 0.2) is 28.3 Å². The first-order valence-electron chi connectivity index (χ1n) is 5.87. The molecule has 0 aliphatic rings. The van der Waals surface area contributed by atoms with E-state index >= 15 is 0 Å². The van der Waals surface area contributed by atoms with E-state index in [1.54, 1.807) is 12.3 Å². The zero-order valence-corrected chi connectivity index (χ0v) is 13.1. The molecule has 108 valence electrons. The van der Waals surface area contributed by atoms with Crippen LogP contribution >= 0.6 is 27.3 Å². The predicted molar refractivity (Wildman–Crippen MR) is 79.7 cm³/mol. The van der Waals surface area contributed by atoms with Crippen molar-refractivity contribution in [2.45, 2.75) is 13.5 Å². The van der Waals surface area contributed by atoms with E-state index < -0.39 is 6.61 Å². The highest BCUT2D eigenvalue weighted by Gasteiger charge is 2.13. The Morgan fingerprint density at radius 3 is 2.71 bits per heavy atom. The molecule has 2 heterocycles. The summed E-state index contributed by atoms with van der Waals surface area (Å²) in [6, 6.07) is 3.71. The SMILES string of the molecule is Cc1cc(-c2ncc(Br)s2)c2ncc(OC(F)F)nc2c1. The van der Waals surface area contributed by atoms with Crippen molar-refractivity contribution >= 4 is 38.3 Å². The van der Waals surface area contributed by atoms with Crippen molar-refractivity contribution in [2.24, 2.45) is 0 Å². The lowest BCUT2D eigenvalue weighted by atomic mass is 10.1. The fourth-order valence-electron chi connectivity index (χ4n) is 1.94. The normalized spacial score (nSPS) is 11.3. The maximum atomic E-state index is 12.2. The summed E-state index contributed by atoms with van der Waals surface area (Å²) in [6.07, 6.45) is 2.89. The van der Waals surface area contributed by atoms with Crippen LogP contribution < -0.4 is 4.74 Å². The molecule has 1 aromatic carbocycles. The van der Waals surface area contributed by atoms with Crippen molar-refractivity contribution in [1.82, 2.24) is 15.0 Å². The quantitative estimate of drug-likeness (QED) is 0.683. The van der Waals surface area contributed by atoms with Crippen LogP contribution in [0.3, 0.4) is 0 Å². The monoisotopic (exact) mass is 371 g/mol. The van der Waals surface area contributed by atoms with Gasteiger partial charge < -0.3 is 4.74 Å². The first-order chi connectivity index (χ1) is 10.0. The summed E-state index contributed by atoms with van der Waals surface area (Å²) in [6.45, 7) is -1.02. The van der Waals surface area contributed by atoms with Crippen molar-refractivity contribution in [1.29, 1.82) is 0 Å². The van der Waals surface area contributed by atoms with Gasteiger partial charge in [0.1, 0.15) is 5.01 Å². The fourth-order valence-corrected chi connectivity index (χ4v) is 3.16. The summed E-state index contributed by atoms with van der Waals surface area (Å²) in [7, 11) is 0. The van der Waals surface area contributed by atoms with Crippen LogP contribution in [0.25, 0.3) is 21.6 Å². The predicted octanol–water partition coefficient (Wildman–Crippen LogP) is 4.43. The van der Waals surface area contributed by atoms with Gasteiger partial charge in [-0.2, -0.15) is 8.78 Å². The van der Waals surface area contributed by atoms with Gasteiger partial charge in [0.2, 0.25) is 5.88 Å². The van der Waals surface area contributed by atoms with Gasteiger partial charge in [-0.05, 0) is 40.5 Å². The summed E-state index contributed by atoms with van der Waals surface area (Å²) in [4.78, 5) is 12.6. The second-order valence-corrected chi connectivity index (χ2v) is 6.65. The van der Waals surface area contributed by atoms with Gasteiger partial charge in [0.15, 0.2) is 0 Å². The molecule has 2 aromatic heterocycles. The molecular formula is C13H8BrF2N3OS. The van der Waals surface area contributed by atoms with Crippen molar-refractivity contribution in [3.05, 3.63) is 33.9 Å². The number of alkyl halides is 2. The summed E-state index contributed by atoms with van der Waals surface area (Å²) in [5.74, 6) is -0.200. The van der Waals surface area contributed by atoms with E-state index in [2.05, 4.69) is 35.6 Å². The maximum Gasteiger partial charge on any atom is 0.388 e. The lowest BCUT2D eigenvalue weighted by molar-refractivity contribution is -0.0528. The van der Waals surface area contributed by atoms with Gasteiger partial charge in [0, 0.05) is 5.56 Å². The van der Waals surface area contributed by atoms with Crippen LogP contribution in [0.5, 0.6) is 5.88 Å². The molecule has 0 radical (unpaired) electrons. The molecule has 0 aliphatic carbocycles. The second kappa shape index (κ2) is 5.61. The first kappa shape index (κ1) is 14.3. The minimum Gasteiger partial charge on any atom is -0.415 e. The van der Waals surface area contributed by atoms with E-state index in [0.29, 0.717) is 11.0 Å². The van der Waals surface area contributed by atoms with Gasteiger partial charge in [-0.25, -0.2) is 15.0 Å². The van der Waals surface area contributed by atoms with Crippen LogP contribution in [-0.2, 0) is 0 Å². The van der Waals surface area contributed by atoms with Crippen LogP contribution in [0.2, 0.25) is 0 Å². The topological polar surface area (TPSA) is 47.9 Å². The third kappa shape index (κ3) is 3.01. The maximum absolute atomic E-state index is 12.2. The average molecular weight is 372 g/mol. The molecule has 0 saturated carbocycles. The largest absolute Gasteiger partial charge is 0.415 e. The highest BCUT2D eigenvalue weighted by Crippen LogP contribution is 2.33. The fraction of sp³-hybridized carbons (Fsp3) is 0.154. The van der Waals surface area contributed by atoms with Gasteiger partial charge in [0.25, 0.3) is 0 Å². The van der Waals surface area contributed by atoms with Crippen molar-refractivity contribution in [2.75, 3.05) is 0 Å². The number of hydrogen-bond acceptors (Lipinski definition) is 5. The van der Waals surface area contributed by atoms with Gasteiger partial charge >= 0.3 is 6.61 Å². The molecule has 3 aromatic rings. The highest BCUT2D eigenvalue weighted by atomic mass is 79.9. The third-order valence-electron chi connectivity index (χ3n) is 2.69. The Morgan fingerprint density at radius 2 is 2.05 bits per heavy atom. The molecule has 0 N–H and O–H groups in total. The molecule has 0 aliphatic heterocycles. The molecule has 21 heavy (non-hydrogen) atoms. The molecule has 4 nitrogen and oxygen atoms in total. The zero-order chi connectivity index (χ0) is 15.0. The molecule has 0 amide bonds. The van der Waals surface area contributed by atoms with Gasteiger partial charge in [-0.1, -0.05) is 0 Å². The molecule has 0 bridgehead atoms. The van der Waals surface area contributed by atoms with E-state index in [9.17, 15) is 8.78 Å². The van der Waals surface area contributed by atoms with E-state index in [1.165, 1.54) is 17.5 Å². The number of rotatable bonds is 3. The Hall–Kier alpha value is -1.67. The van der Waals surface area contributed by atoms with E-state index in [4.69, 9.17) is 0 Å². The lowest BCUT2D eigenvalue weighted by Crippen LogP contribution is -2.04. The standard InChI is InChI=1S/C13H8BrF2N3OS/c1-6-2-7(12-18-4-9(14)21-12)11-8(3-6)19-10(5-17-11)20-13(15)16/h2-5,13H,1H3. The zero-order valence-electron chi connectivity index (χ0n) is 10.7. The van der Waals surface area contributed by atoms with Crippen LogP contribution in [0.1, 0.15) is 5.56 Å². The van der Waals surface area contributed by atoms with Gasteiger partial charge in [-0.15, -0.1) is 11.3 Å². The molecule has 0 atom stereocenters. The number of fused-ring (bicyclic) bond motifs is 1. The number of aromatic nitrogens is 3. The molecule has 0 saturated heterocycles. The minimum absolute atomic E-state index is 0.200. The number of ether oxygens (including phenoxy) is 1. The Kier molecular flexibility index (Phi) is 3.81. The lowest BCUT2D eigenvalue weighted by Gasteiger charge is -2.07. The number of thiazole rings is 1. The molecule has 8 heteroatoms. The highest BCUT2D eigenvalue weighted by molar-refractivity contribution is 9.11. The number of aryl methyl sites for hydroxylation is 1. The first-order valence-corrected chi connectivity index (χ1v) is 7.48. The van der Waals surface area contributed by atoms with Crippen molar-refractivity contribution in [3.63, 3.8) is 0 Å². The summed E-state index contributed by atoms with van der Waals surface area (Å²) in [5, 5.41) is 0.785. The summed E-state index contributed by atoms with van der Waals surface area (Å²) < 4.78 is 29.7. The van der Waals surface area contributed by atoms with E-state index in [-0.39, 0.29) is 5.88 Å². The molecule has 0 spiro atoms. The van der Waals surface area contributed by atoms with E-state index in [0.717, 1.165) is 19.9 Å². The Labute approximate surface area is 131 Å².